The molecule has 1 aromatic carbocycles. The Bertz CT molecular complexity index is 503. The third-order valence-electron chi connectivity index (χ3n) is 3.27. The molecule has 1 N–H and O–H groups in total. The number of nitrogens with zero attached hydrogens (tertiary/aromatic N) is 1. The summed E-state index contributed by atoms with van der Waals surface area (Å²) in [6.45, 7) is 6.77. The third kappa shape index (κ3) is 10.8. The Kier molecular flexibility index (Phi) is 12.7. The monoisotopic (exact) mass is 373 g/mol. The molecule has 2 rings (SSSR count). The van der Waals surface area contributed by atoms with Crippen LogP contribution in [0.1, 0.15) is 25.8 Å². The van der Waals surface area contributed by atoms with Crippen LogP contribution in [-0.2, 0) is 19.1 Å². The van der Waals surface area contributed by atoms with E-state index in [1.807, 2.05) is 38.1 Å². The minimum Gasteiger partial charge on any atom is -0.469 e. The number of alkyl halides is 1. The van der Waals surface area contributed by atoms with Gasteiger partial charge in [0.05, 0.1) is 19.8 Å². The van der Waals surface area contributed by atoms with Gasteiger partial charge >= 0.3 is 5.97 Å². The summed E-state index contributed by atoms with van der Waals surface area (Å²) in [7, 11) is 1.35. The van der Waals surface area contributed by atoms with Crippen LogP contribution >= 0.6 is 11.6 Å². The minimum absolute atomic E-state index is 0.0418. The molecule has 0 aromatic heterocycles. The lowest BCUT2D eigenvalue weighted by Gasteiger charge is -2.26. The van der Waals surface area contributed by atoms with Gasteiger partial charge in [-0.2, -0.15) is 0 Å². The van der Waals surface area contributed by atoms with Crippen LogP contribution in [0.25, 0.3) is 0 Å². The number of halogens is 1. The van der Waals surface area contributed by atoms with E-state index in [9.17, 15) is 9.59 Å². The predicted octanol–water partition coefficient (Wildman–Crippen LogP) is 2.53. The second-order valence-corrected chi connectivity index (χ2v) is 5.65. The molecule has 7 heteroatoms. The quantitative estimate of drug-likeness (QED) is 0.650. The van der Waals surface area contributed by atoms with E-state index in [0.29, 0.717) is 19.0 Å². The molecule has 1 atom stereocenters. The van der Waals surface area contributed by atoms with Crippen molar-refractivity contribution in [2.45, 2.75) is 33.3 Å². The highest BCUT2D eigenvalue weighted by atomic mass is 35.5. The highest BCUT2D eigenvalue weighted by Crippen LogP contribution is 2.16. The number of anilines is 1. The summed E-state index contributed by atoms with van der Waals surface area (Å²) >= 11 is 5.20. The molecule has 25 heavy (non-hydrogen) atoms. The predicted molar refractivity (Wildman–Crippen MR) is 99.1 cm³/mol. The van der Waals surface area contributed by atoms with Crippen LogP contribution < -0.4 is 4.90 Å². The lowest BCUT2D eigenvalue weighted by Crippen LogP contribution is -2.41. The largest absolute Gasteiger partial charge is 0.469 e. The third-order valence-corrected chi connectivity index (χ3v) is 3.62. The van der Waals surface area contributed by atoms with E-state index in [2.05, 4.69) is 4.74 Å². The summed E-state index contributed by atoms with van der Waals surface area (Å²) in [4.78, 5) is 22.8. The van der Waals surface area contributed by atoms with E-state index >= 15 is 0 Å². The number of aliphatic hydroxyl groups excluding tert-OH is 1. The average Bonchev–Trinajstić information content (AvgIpc) is 2.63. The molecule has 6 nitrogen and oxygen atoms in total. The molecule has 0 aliphatic carbocycles. The number of hydrogen-bond donors (Lipinski definition) is 1. The van der Waals surface area contributed by atoms with Gasteiger partial charge in [-0.15, -0.1) is 11.6 Å². The van der Waals surface area contributed by atoms with E-state index in [1.54, 1.807) is 4.90 Å². The standard InChI is InChI=1S/C11H13NO2.C4H9ClO.C3H6O2/c1-9-2-4-10(5-3-9)12-6-7-14-8-11(12)13;1-2-4(6)3-5;1-3(4)5-2/h2-5H,6-8H2,1H3;4,6H,2-3H2,1H3;1-2H3. The topological polar surface area (TPSA) is 76.1 Å². The molecule has 1 heterocycles. The van der Waals surface area contributed by atoms with Crippen LogP contribution in [0, 0.1) is 6.92 Å². The van der Waals surface area contributed by atoms with Gasteiger partial charge in [0, 0.05) is 25.0 Å². The van der Waals surface area contributed by atoms with E-state index in [4.69, 9.17) is 21.4 Å². The van der Waals surface area contributed by atoms with Gasteiger partial charge in [-0.1, -0.05) is 24.6 Å². The lowest BCUT2D eigenvalue weighted by atomic mass is 10.2. The molecule has 0 saturated carbocycles. The second kappa shape index (κ2) is 13.6. The first kappa shape index (κ1) is 23.4. The van der Waals surface area contributed by atoms with Crippen molar-refractivity contribution in [3.63, 3.8) is 0 Å². The molecule has 1 aliphatic rings. The van der Waals surface area contributed by atoms with Gasteiger partial charge in [0.1, 0.15) is 6.61 Å². The number of rotatable bonds is 3. The first-order valence-corrected chi connectivity index (χ1v) is 8.62. The highest BCUT2D eigenvalue weighted by Gasteiger charge is 2.19. The maximum Gasteiger partial charge on any atom is 0.302 e. The number of ether oxygens (including phenoxy) is 2. The average molecular weight is 374 g/mol. The minimum atomic E-state index is -0.299. The van der Waals surface area contributed by atoms with E-state index in [0.717, 1.165) is 12.1 Å². The zero-order valence-electron chi connectivity index (χ0n) is 15.3. The summed E-state index contributed by atoms with van der Waals surface area (Å²) < 4.78 is 9.18. The number of esters is 1. The molecular formula is C18H28ClNO5. The molecule has 142 valence electrons. The number of aliphatic hydroxyl groups is 1. The van der Waals surface area contributed by atoms with Crippen molar-refractivity contribution in [3.05, 3.63) is 29.8 Å². The zero-order chi connectivity index (χ0) is 19.2. The van der Waals surface area contributed by atoms with E-state index < -0.39 is 0 Å². The Morgan fingerprint density at radius 3 is 2.32 bits per heavy atom. The summed E-state index contributed by atoms with van der Waals surface area (Å²) in [5.41, 5.74) is 2.17. The van der Waals surface area contributed by atoms with Gasteiger partial charge in [0.15, 0.2) is 0 Å². The Morgan fingerprint density at radius 2 is 1.96 bits per heavy atom. The summed E-state index contributed by atoms with van der Waals surface area (Å²) in [6, 6.07) is 7.97. The number of carbonyl (C=O) groups is 2. The lowest BCUT2D eigenvalue weighted by molar-refractivity contribution is -0.138. The van der Waals surface area contributed by atoms with Gasteiger partial charge < -0.3 is 19.5 Å². The number of amides is 1. The van der Waals surface area contributed by atoms with Gasteiger partial charge in [-0.25, -0.2) is 0 Å². The Morgan fingerprint density at radius 1 is 1.40 bits per heavy atom. The Labute approximate surface area is 154 Å². The normalized spacial score (nSPS) is 14.5. The first-order valence-electron chi connectivity index (χ1n) is 8.09. The fourth-order valence-electron chi connectivity index (χ4n) is 1.62. The molecule has 0 bridgehead atoms. The van der Waals surface area contributed by atoms with Crippen molar-refractivity contribution >= 4 is 29.2 Å². The molecule has 1 aliphatic heterocycles. The number of methoxy groups -OCH3 is 1. The molecule has 0 spiro atoms. The number of carbonyl (C=O) groups excluding carboxylic acids is 2. The maximum atomic E-state index is 11.5. The van der Waals surface area contributed by atoms with Crippen LogP contribution in [0.2, 0.25) is 0 Å². The molecule has 1 fully saturated rings. The van der Waals surface area contributed by atoms with Crippen LogP contribution in [0.5, 0.6) is 0 Å². The van der Waals surface area contributed by atoms with Crippen molar-refractivity contribution in [2.75, 3.05) is 37.6 Å². The Balaban J connectivity index is 0.000000438. The summed E-state index contributed by atoms with van der Waals surface area (Å²) in [5.74, 6) is 0.154. The molecule has 0 radical (unpaired) electrons. The van der Waals surface area contributed by atoms with Gasteiger partial charge in [0.25, 0.3) is 5.91 Å². The zero-order valence-corrected chi connectivity index (χ0v) is 16.1. The second-order valence-electron chi connectivity index (χ2n) is 5.35. The van der Waals surface area contributed by atoms with Crippen molar-refractivity contribution < 1.29 is 24.2 Å². The SMILES string of the molecule is CCC(O)CCl.COC(C)=O.Cc1ccc(N2CCOCC2=O)cc1. The fraction of sp³-hybridized carbons (Fsp3) is 0.556. The fourth-order valence-corrected chi connectivity index (χ4v) is 1.84. The number of benzene rings is 1. The van der Waals surface area contributed by atoms with Crippen molar-refractivity contribution in [1.29, 1.82) is 0 Å². The van der Waals surface area contributed by atoms with Crippen LogP contribution in [0.3, 0.4) is 0 Å². The molecular weight excluding hydrogens is 346 g/mol. The first-order chi connectivity index (χ1) is 11.8. The maximum absolute atomic E-state index is 11.5. The van der Waals surface area contributed by atoms with Gasteiger partial charge in [-0.3, -0.25) is 9.59 Å². The van der Waals surface area contributed by atoms with Crippen molar-refractivity contribution in [3.8, 4) is 0 Å². The summed E-state index contributed by atoms with van der Waals surface area (Å²) in [6.07, 6.45) is 0.454. The number of morpholine rings is 1. The molecule has 1 unspecified atom stereocenters. The summed E-state index contributed by atoms with van der Waals surface area (Å²) in [5, 5.41) is 8.53. The molecule has 1 amide bonds. The highest BCUT2D eigenvalue weighted by molar-refractivity contribution is 6.18. The van der Waals surface area contributed by atoms with Crippen LogP contribution in [0.4, 0.5) is 5.69 Å². The molecule has 1 saturated heterocycles. The van der Waals surface area contributed by atoms with E-state index in [-0.39, 0.29) is 24.6 Å². The van der Waals surface area contributed by atoms with Crippen LogP contribution in [0.15, 0.2) is 24.3 Å². The number of aryl methyl sites for hydroxylation is 1. The van der Waals surface area contributed by atoms with Gasteiger partial charge in [0.2, 0.25) is 0 Å². The van der Waals surface area contributed by atoms with Crippen LogP contribution in [-0.4, -0.2) is 55.8 Å². The van der Waals surface area contributed by atoms with E-state index in [1.165, 1.54) is 19.6 Å². The molecule has 1 aromatic rings. The van der Waals surface area contributed by atoms with Gasteiger partial charge in [-0.05, 0) is 25.5 Å². The number of hydrogen-bond acceptors (Lipinski definition) is 5. The van der Waals surface area contributed by atoms with Crippen molar-refractivity contribution in [1.82, 2.24) is 0 Å². The Hall–Kier alpha value is -1.63. The van der Waals surface area contributed by atoms with Crippen molar-refractivity contribution in [2.24, 2.45) is 0 Å². The smallest absolute Gasteiger partial charge is 0.302 e.